The molecule has 0 saturated heterocycles. The van der Waals surface area contributed by atoms with E-state index in [9.17, 15) is 26.3 Å². The van der Waals surface area contributed by atoms with E-state index in [-0.39, 0.29) is 5.75 Å². The molecule has 0 spiro atoms. The summed E-state index contributed by atoms with van der Waals surface area (Å²) in [6.45, 7) is 1.18. The summed E-state index contributed by atoms with van der Waals surface area (Å²) in [5, 5.41) is 0. The van der Waals surface area contributed by atoms with Crippen LogP contribution in [-0.2, 0) is 9.05 Å². The zero-order valence-electron chi connectivity index (χ0n) is 13.7. The normalized spacial score (nSPS) is 13.6. The van der Waals surface area contributed by atoms with Gasteiger partial charge in [0.2, 0.25) is 0 Å². The smallest absolute Gasteiger partial charge is 0.412 e. The van der Waals surface area contributed by atoms with Crippen LogP contribution in [0, 0.1) is 0 Å². The van der Waals surface area contributed by atoms with Crippen molar-refractivity contribution in [3.05, 3.63) is 30.3 Å². The first-order valence-corrected chi connectivity index (χ1v) is 11.9. The SMILES string of the molecule is C[Si](C)(C)N=P(OCC(F)(F)F)(OCC(F)(F)F)Oc1ccccc1. The molecule has 0 N–H and O–H groups in total. The minimum Gasteiger partial charge on any atom is -0.419 e. The van der Waals surface area contributed by atoms with E-state index >= 15 is 0 Å². The van der Waals surface area contributed by atoms with Crippen molar-refractivity contribution < 1.29 is 39.9 Å². The van der Waals surface area contributed by atoms with Gasteiger partial charge in [0.1, 0.15) is 5.75 Å². The van der Waals surface area contributed by atoms with E-state index in [1.807, 2.05) is 0 Å². The highest BCUT2D eigenvalue weighted by atomic mass is 31.2. The summed E-state index contributed by atoms with van der Waals surface area (Å²) in [6.07, 6.45) is -9.55. The predicted molar refractivity (Wildman–Crippen MR) is 83.8 cm³/mol. The van der Waals surface area contributed by atoms with Crippen LogP contribution in [0.4, 0.5) is 26.3 Å². The van der Waals surface area contributed by atoms with E-state index in [2.05, 4.69) is 13.5 Å². The van der Waals surface area contributed by atoms with Crippen LogP contribution < -0.4 is 4.52 Å². The predicted octanol–water partition coefficient (Wildman–Crippen LogP) is 6.00. The van der Waals surface area contributed by atoms with Gasteiger partial charge in [0.15, 0.2) is 21.4 Å². The number of hydrogen-bond donors (Lipinski definition) is 0. The van der Waals surface area contributed by atoms with Gasteiger partial charge in [0, 0.05) is 0 Å². The van der Waals surface area contributed by atoms with Gasteiger partial charge in [-0.15, -0.1) is 0 Å². The van der Waals surface area contributed by atoms with Crippen molar-refractivity contribution in [3.63, 3.8) is 0 Å². The van der Waals surface area contributed by atoms with Gasteiger partial charge in [-0.05, 0) is 31.8 Å². The first kappa shape index (κ1) is 22.0. The van der Waals surface area contributed by atoms with Crippen LogP contribution in [-0.4, -0.2) is 33.8 Å². The van der Waals surface area contributed by atoms with Crippen molar-refractivity contribution in [2.45, 2.75) is 32.0 Å². The zero-order valence-corrected chi connectivity index (χ0v) is 15.6. The molecular formula is C13H18F6NO3PSi. The maximum Gasteiger partial charge on any atom is 0.412 e. The van der Waals surface area contributed by atoms with Gasteiger partial charge in [0.25, 0.3) is 0 Å². The average Bonchev–Trinajstić information content (AvgIpc) is 2.41. The Morgan fingerprint density at radius 3 is 1.68 bits per heavy atom. The summed E-state index contributed by atoms with van der Waals surface area (Å²) in [5.41, 5.74) is 0. The summed E-state index contributed by atoms with van der Waals surface area (Å²) >= 11 is 0. The topological polar surface area (TPSA) is 40.0 Å². The first-order chi connectivity index (χ1) is 11.2. The second-order valence-electron chi connectivity index (χ2n) is 5.92. The molecule has 0 aliphatic heterocycles. The van der Waals surface area contributed by atoms with Crippen LogP contribution >= 0.6 is 7.74 Å². The van der Waals surface area contributed by atoms with Gasteiger partial charge < -0.3 is 4.52 Å². The lowest BCUT2D eigenvalue weighted by atomic mass is 10.3. The van der Waals surface area contributed by atoms with Crippen molar-refractivity contribution >= 4 is 16.0 Å². The largest absolute Gasteiger partial charge is 0.419 e. The minimum absolute atomic E-state index is 0.00202. The number of hydrogen-bond acceptors (Lipinski definition) is 4. The van der Waals surface area contributed by atoms with E-state index < -0.39 is 41.5 Å². The van der Waals surface area contributed by atoms with Crippen molar-refractivity contribution in [3.8, 4) is 5.75 Å². The highest BCUT2D eigenvalue weighted by molar-refractivity contribution is 7.53. The number of nitrogens with zero attached hydrogens (tertiary/aromatic N) is 1. The van der Waals surface area contributed by atoms with Crippen LogP contribution in [0.5, 0.6) is 5.75 Å². The van der Waals surface area contributed by atoms with Gasteiger partial charge in [-0.25, -0.2) is 0 Å². The fraction of sp³-hybridized carbons (Fsp3) is 0.538. The molecule has 12 heteroatoms. The molecule has 25 heavy (non-hydrogen) atoms. The highest BCUT2D eigenvalue weighted by Gasteiger charge is 2.40. The van der Waals surface area contributed by atoms with Gasteiger partial charge in [0.05, 0.1) is 0 Å². The Kier molecular flexibility index (Phi) is 7.14. The lowest BCUT2D eigenvalue weighted by Gasteiger charge is -2.28. The Hall–Kier alpha value is -1.03. The van der Waals surface area contributed by atoms with Crippen LogP contribution in [0.2, 0.25) is 19.6 Å². The molecule has 4 nitrogen and oxygen atoms in total. The van der Waals surface area contributed by atoms with Crippen molar-refractivity contribution in [2.24, 2.45) is 4.41 Å². The summed E-state index contributed by atoms with van der Waals surface area (Å²) in [7, 11) is -6.86. The summed E-state index contributed by atoms with van der Waals surface area (Å²) in [5.74, 6) is 0.00202. The Bertz CT molecular complexity index is 579. The lowest BCUT2D eigenvalue weighted by Crippen LogP contribution is -2.24. The Morgan fingerprint density at radius 1 is 0.880 bits per heavy atom. The number of alkyl halides is 6. The molecule has 0 aliphatic rings. The molecular weight excluding hydrogens is 391 g/mol. The highest BCUT2D eigenvalue weighted by Crippen LogP contribution is 2.55. The number of rotatable bonds is 7. The lowest BCUT2D eigenvalue weighted by molar-refractivity contribution is -0.166. The molecule has 0 fully saturated rings. The number of halogens is 6. The van der Waals surface area contributed by atoms with Crippen LogP contribution in [0.1, 0.15) is 0 Å². The Labute approximate surface area is 142 Å². The van der Waals surface area contributed by atoms with E-state index in [1.165, 1.54) is 24.3 Å². The summed E-state index contributed by atoms with van der Waals surface area (Å²) in [6, 6.07) is 7.35. The minimum atomic E-state index is -4.78. The molecule has 0 unspecified atom stereocenters. The van der Waals surface area contributed by atoms with Crippen LogP contribution in [0.15, 0.2) is 34.7 Å². The summed E-state index contributed by atoms with van der Waals surface area (Å²) < 4.78 is 94.1. The first-order valence-electron chi connectivity index (χ1n) is 7.00. The van der Waals surface area contributed by atoms with E-state index in [0.29, 0.717) is 0 Å². The molecule has 0 heterocycles. The Morgan fingerprint density at radius 2 is 1.32 bits per heavy atom. The quantitative estimate of drug-likeness (QED) is 0.315. The van der Waals surface area contributed by atoms with Crippen LogP contribution in [0.25, 0.3) is 0 Å². The molecule has 0 aliphatic carbocycles. The average molecular weight is 409 g/mol. The molecule has 0 atom stereocenters. The molecule has 144 valence electrons. The molecule has 0 amide bonds. The van der Waals surface area contributed by atoms with Gasteiger partial charge in [-0.3, -0.25) is 13.5 Å². The monoisotopic (exact) mass is 409 g/mol. The van der Waals surface area contributed by atoms with Gasteiger partial charge >= 0.3 is 20.1 Å². The molecule has 0 aromatic heterocycles. The Balaban J connectivity index is 3.27. The second kappa shape index (κ2) is 8.11. The van der Waals surface area contributed by atoms with E-state index in [0.717, 1.165) is 0 Å². The third kappa shape index (κ3) is 9.88. The van der Waals surface area contributed by atoms with Crippen molar-refractivity contribution in [1.82, 2.24) is 0 Å². The van der Waals surface area contributed by atoms with Gasteiger partial charge in [-0.1, -0.05) is 18.2 Å². The van der Waals surface area contributed by atoms with Crippen molar-refractivity contribution in [1.29, 1.82) is 0 Å². The standard InChI is InChI=1S/C13H18F6NO3PSi/c1-25(2,3)20-24(21-9-12(14,15)16,22-10-13(17,18)19)23-11-7-5-4-6-8-11/h4-8H,9-10H2,1-3H3. The second-order valence-corrected chi connectivity index (χ2v) is 12.7. The van der Waals surface area contributed by atoms with E-state index in [4.69, 9.17) is 4.52 Å². The third-order valence-electron chi connectivity index (χ3n) is 2.17. The van der Waals surface area contributed by atoms with Gasteiger partial charge in [-0.2, -0.15) is 26.3 Å². The zero-order chi connectivity index (χ0) is 19.4. The molecule has 0 bridgehead atoms. The molecule has 0 saturated carbocycles. The molecule has 0 radical (unpaired) electrons. The molecule has 1 aromatic carbocycles. The fourth-order valence-electron chi connectivity index (χ4n) is 1.46. The van der Waals surface area contributed by atoms with Crippen LogP contribution in [0.3, 0.4) is 0 Å². The van der Waals surface area contributed by atoms with E-state index in [1.54, 1.807) is 25.7 Å². The summed E-state index contributed by atoms with van der Waals surface area (Å²) in [4.78, 5) is 0. The fourth-order valence-corrected chi connectivity index (χ4v) is 6.21. The number of benzene rings is 1. The maximum absolute atomic E-state index is 12.6. The maximum atomic E-state index is 12.6. The number of para-hydroxylation sites is 1. The molecule has 1 rings (SSSR count). The molecule has 1 aromatic rings. The van der Waals surface area contributed by atoms with Crippen molar-refractivity contribution in [2.75, 3.05) is 13.2 Å². The third-order valence-corrected chi connectivity index (χ3v) is 6.90.